The lowest BCUT2D eigenvalue weighted by Gasteiger charge is -2.08. The molecule has 1 N–H and O–H groups in total. The van der Waals surface area contributed by atoms with Gasteiger partial charge in [0.2, 0.25) is 5.89 Å². The molecule has 0 fully saturated rings. The molecule has 0 saturated carbocycles. The maximum absolute atomic E-state index is 11.8. The van der Waals surface area contributed by atoms with Gasteiger partial charge in [0.15, 0.2) is 5.82 Å². The second kappa shape index (κ2) is 6.94. The van der Waals surface area contributed by atoms with Crippen LogP contribution in [0.4, 0.5) is 0 Å². The first-order valence-electron chi connectivity index (χ1n) is 7.30. The van der Waals surface area contributed by atoms with Gasteiger partial charge in [0.05, 0.1) is 6.10 Å². The minimum absolute atomic E-state index is 0.0209. The topological polar surface area (TPSA) is 94.0 Å². The fourth-order valence-corrected chi connectivity index (χ4v) is 2.34. The van der Waals surface area contributed by atoms with E-state index in [1.54, 1.807) is 0 Å². The first-order valence-corrected chi connectivity index (χ1v) is 7.68. The van der Waals surface area contributed by atoms with Crippen LogP contribution >= 0.6 is 11.6 Å². The molecule has 0 unspecified atom stereocenters. The molecule has 3 rings (SSSR count). The molecule has 0 aliphatic carbocycles. The molecule has 0 radical (unpaired) electrons. The summed E-state index contributed by atoms with van der Waals surface area (Å²) in [5, 5.41) is 18.0. The summed E-state index contributed by atoms with van der Waals surface area (Å²) in [6, 6.07) is 8.99. The molecule has 24 heavy (non-hydrogen) atoms. The average molecular weight is 347 g/mol. The molecule has 1 atom stereocenters. The Hall–Kier alpha value is -2.51. The molecular weight excluding hydrogens is 332 g/mol. The predicted molar refractivity (Wildman–Crippen MR) is 86.7 cm³/mol. The molecule has 7 nitrogen and oxygen atoms in total. The number of aliphatic hydroxyl groups is 1. The molecule has 0 aliphatic heterocycles. The highest BCUT2D eigenvalue weighted by Crippen LogP contribution is 2.17. The SMILES string of the molecule is Cc1ccc([C@@H](O)Cc2noc(Cn3nccc(Cl)c3=O)n2)cc1. The Morgan fingerprint density at radius 1 is 1.29 bits per heavy atom. The quantitative estimate of drug-likeness (QED) is 0.758. The van der Waals surface area contributed by atoms with Gasteiger partial charge in [-0.25, -0.2) is 4.68 Å². The van der Waals surface area contributed by atoms with Crippen LogP contribution in [-0.4, -0.2) is 25.0 Å². The van der Waals surface area contributed by atoms with E-state index in [2.05, 4.69) is 15.2 Å². The molecule has 0 amide bonds. The Balaban J connectivity index is 1.70. The molecule has 124 valence electrons. The highest BCUT2D eigenvalue weighted by molar-refractivity contribution is 6.30. The first kappa shape index (κ1) is 16.4. The third-order valence-corrected chi connectivity index (χ3v) is 3.79. The highest BCUT2D eigenvalue weighted by atomic mass is 35.5. The largest absolute Gasteiger partial charge is 0.388 e. The third-order valence-electron chi connectivity index (χ3n) is 3.50. The van der Waals surface area contributed by atoms with Crippen LogP contribution in [-0.2, 0) is 13.0 Å². The van der Waals surface area contributed by atoms with Gasteiger partial charge in [0, 0.05) is 12.6 Å². The predicted octanol–water partition coefficient (Wildman–Crippen LogP) is 1.91. The lowest BCUT2D eigenvalue weighted by atomic mass is 10.0. The zero-order valence-electron chi connectivity index (χ0n) is 12.9. The van der Waals surface area contributed by atoms with E-state index < -0.39 is 11.7 Å². The summed E-state index contributed by atoms with van der Waals surface area (Å²) in [5.74, 6) is 0.575. The van der Waals surface area contributed by atoms with Crippen LogP contribution in [0.1, 0.15) is 28.9 Å². The van der Waals surface area contributed by atoms with Crippen LogP contribution in [0.3, 0.4) is 0 Å². The van der Waals surface area contributed by atoms with E-state index >= 15 is 0 Å². The third kappa shape index (κ3) is 3.69. The van der Waals surface area contributed by atoms with Crippen molar-refractivity contribution < 1.29 is 9.63 Å². The van der Waals surface area contributed by atoms with Gasteiger partial charge in [-0.2, -0.15) is 10.1 Å². The Morgan fingerprint density at radius 2 is 2.04 bits per heavy atom. The number of hydrogen-bond donors (Lipinski definition) is 1. The highest BCUT2D eigenvalue weighted by Gasteiger charge is 2.15. The molecular formula is C16H15ClN4O3. The standard InChI is InChI=1S/C16H15ClN4O3/c1-10-2-4-11(5-3-10)13(22)8-14-19-15(24-20-14)9-21-16(23)12(17)6-7-18-21/h2-7,13,22H,8-9H2,1H3/t13-/m0/s1. The number of halogens is 1. The van der Waals surface area contributed by atoms with Gasteiger partial charge in [-0.3, -0.25) is 4.79 Å². The summed E-state index contributed by atoms with van der Waals surface area (Å²) in [7, 11) is 0. The van der Waals surface area contributed by atoms with Gasteiger partial charge in [0.1, 0.15) is 11.6 Å². The molecule has 3 aromatic rings. The van der Waals surface area contributed by atoms with Gasteiger partial charge in [-0.05, 0) is 18.6 Å². The van der Waals surface area contributed by atoms with E-state index in [0.717, 1.165) is 15.8 Å². The Bertz CT molecular complexity index is 889. The maximum atomic E-state index is 11.8. The summed E-state index contributed by atoms with van der Waals surface area (Å²) < 4.78 is 6.24. The number of benzene rings is 1. The molecule has 0 bridgehead atoms. The van der Waals surface area contributed by atoms with Crippen molar-refractivity contribution in [3.63, 3.8) is 0 Å². The van der Waals surface area contributed by atoms with Gasteiger partial charge >= 0.3 is 0 Å². The zero-order chi connectivity index (χ0) is 17.1. The van der Waals surface area contributed by atoms with Crippen molar-refractivity contribution in [3.8, 4) is 0 Å². The van der Waals surface area contributed by atoms with Crippen LogP contribution in [0.15, 0.2) is 45.8 Å². The van der Waals surface area contributed by atoms with Crippen molar-refractivity contribution >= 4 is 11.6 Å². The fourth-order valence-electron chi connectivity index (χ4n) is 2.18. The van der Waals surface area contributed by atoms with E-state index in [9.17, 15) is 9.90 Å². The number of aliphatic hydroxyl groups excluding tert-OH is 1. The molecule has 2 heterocycles. The fraction of sp³-hybridized carbons (Fsp3) is 0.250. The summed E-state index contributed by atoms with van der Waals surface area (Å²) in [5.41, 5.74) is 1.46. The monoisotopic (exact) mass is 346 g/mol. The summed E-state index contributed by atoms with van der Waals surface area (Å²) in [6.07, 6.45) is 0.898. The van der Waals surface area contributed by atoms with E-state index in [4.69, 9.17) is 16.1 Å². The van der Waals surface area contributed by atoms with E-state index in [1.165, 1.54) is 12.3 Å². The lowest BCUT2D eigenvalue weighted by molar-refractivity contribution is 0.174. The van der Waals surface area contributed by atoms with Gasteiger partial charge in [-0.15, -0.1) is 0 Å². The normalized spacial score (nSPS) is 12.3. The number of aryl methyl sites for hydroxylation is 1. The minimum atomic E-state index is -0.733. The average Bonchev–Trinajstić information content (AvgIpc) is 2.99. The Labute approximate surface area is 142 Å². The van der Waals surface area contributed by atoms with Crippen LogP contribution in [0, 0.1) is 6.92 Å². The van der Waals surface area contributed by atoms with Crippen LogP contribution in [0.2, 0.25) is 5.02 Å². The van der Waals surface area contributed by atoms with Crippen LogP contribution in [0.5, 0.6) is 0 Å². The van der Waals surface area contributed by atoms with Crippen molar-refractivity contribution in [2.75, 3.05) is 0 Å². The Morgan fingerprint density at radius 3 is 2.79 bits per heavy atom. The number of nitrogens with zero attached hydrogens (tertiary/aromatic N) is 4. The molecule has 0 aliphatic rings. The van der Waals surface area contributed by atoms with Crippen molar-refractivity contribution in [3.05, 3.63) is 74.7 Å². The second-order valence-electron chi connectivity index (χ2n) is 5.38. The number of aromatic nitrogens is 4. The zero-order valence-corrected chi connectivity index (χ0v) is 13.6. The summed E-state index contributed by atoms with van der Waals surface area (Å²) >= 11 is 5.76. The Kier molecular flexibility index (Phi) is 4.73. The summed E-state index contributed by atoms with van der Waals surface area (Å²) in [4.78, 5) is 16.0. The van der Waals surface area contributed by atoms with E-state index in [0.29, 0.717) is 5.82 Å². The number of rotatable bonds is 5. The van der Waals surface area contributed by atoms with Gasteiger partial charge in [-0.1, -0.05) is 46.6 Å². The van der Waals surface area contributed by atoms with Crippen molar-refractivity contribution in [1.82, 2.24) is 19.9 Å². The molecule has 0 saturated heterocycles. The van der Waals surface area contributed by atoms with Crippen molar-refractivity contribution in [1.29, 1.82) is 0 Å². The van der Waals surface area contributed by atoms with Gasteiger partial charge < -0.3 is 9.63 Å². The summed E-state index contributed by atoms with van der Waals surface area (Å²) in [6.45, 7) is 2.00. The molecule has 0 spiro atoms. The minimum Gasteiger partial charge on any atom is -0.388 e. The van der Waals surface area contributed by atoms with Crippen LogP contribution < -0.4 is 5.56 Å². The lowest BCUT2D eigenvalue weighted by Crippen LogP contribution is -2.23. The maximum Gasteiger partial charge on any atom is 0.285 e. The number of hydrogen-bond acceptors (Lipinski definition) is 6. The molecule has 1 aromatic carbocycles. The van der Waals surface area contributed by atoms with E-state index in [1.807, 2.05) is 31.2 Å². The van der Waals surface area contributed by atoms with Gasteiger partial charge in [0.25, 0.3) is 5.56 Å². The molecule has 2 aromatic heterocycles. The van der Waals surface area contributed by atoms with E-state index in [-0.39, 0.29) is 23.9 Å². The second-order valence-corrected chi connectivity index (χ2v) is 5.78. The molecule has 8 heteroatoms. The van der Waals surface area contributed by atoms with Crippen molar-refractivity contribution in [2.24, 2.45) is 0 Å². The first-order chi connectivity index (χ1) is 11.5. The van der Waals surface area contributed by atoms with Crippen LogP contribution in [0.25, 0.3) is 0 Å². The smallest absolute Gasteiger partial charge is 0.285 e. The van der Waals surface area contributed by atoms with Crippen molar-refractivity contribution in [2.45, 2.75) is 26.0 Å².